The van der Waals surface area contributed by atoms with Crippen molar-refractivity contribution in [1.82, 2.24) is 9.97 Å². The molecule has 0 aliphatic heterocycles. The minimum Gasteiger partial charge on any atom is -0.393 e. The zero-order valence-corrected chi connectivity index (χ0v) is 30.3. The molecule has 0 saturated heterocycles. The number of pyridine rings is 2. The summed E-state index contributed by atoms with van der Waals surface area (Å²) < 4.78 is 102. The van der Waals surface area contributed by atoms with Crippen LogP contribution in [-0.4, -0.2) is 43.6 Å². The quantitative estimate of drug-likeness (QED) is 0.104. The second kappa shape index (κ2) is 16.3. The number of hydrogen-bond acceptors (Lipinski definition) is 6. The van der Waals surface area contributed by atoms with Gasteiger partial charge in [0.15, 0.2) is 11.2 Å². The summed E-state index contributed by atoms with van der Waals surface area (Å²) in [7, 11) is 0. The fourth-order valence-electron chi connectivity index (χ4n) is 5.90. The molecule has 13 heteroatoms. The van der Waals surface area contributed by atoms with Gasteiger partial charge in [-0.05, 0) is 67.8 Å². The van der Waals surface area contributed by atoms with Crippen LogP contribution in [0.3, 0.4) is 0 Å². The maximum Gasteiger partial charge on any atom is 0.324 e. The number of aromatic nitrogens is 2. The molecule has 292 valence electrons. The zero-order chi connectivity index (χ0) is 41.1. The second-order valence-corrected chi connectivity index (χ2v) is 13.4. The SMILES string of the molecule is Cc1ccc(-c2ccc(C(F)(F)[C@@](O)(CO)c3ccc(C)cc3F)nc2)cc1.Cc1ccc(-c2ccc(C(F)(F)[C@](O)(CO)c3ccc(F)cc3F)nc2)cc1. The zero-order valence-electron chi connectivity index (χ0n) is 30.3. The molecule has 6 nitrogen and oxygen atoms in total. The van der Waals surface area contributed by atoms with E-state index in [1.165, 1.54) is 30.6 Å². The lowest BCUT2D eigenvalue weighted by atomic mass is 9.85. The molecule has 0 radical (unpaired) electrons. The smallest absolute Gasteiger partial charge is 0.324 e. The van der Waals surface area contributed by atoms with Crippen molar-refractivity contribution in [3.8, 4) is 22.3 Å². The lowest BCUT2D eigenvalue weighted by Crippen LogP contribution is -2.47. The molecule has 6 rings (SSSR count). The summed E-state index contributed by atoms with van der Waals surface area (Å²) in [5.41, 5.74) is -4.35. The number of hydrogen-bond donors (Lipinski definition) is 4. The van der Waals surface area contributed by atoms with Crippen LogP contribution in [0.2, 0.25) is 0 Å². The highest BCUT2D eigenvalue weighted by atomic mass is 19.3. The molecular weight excluding hydrogens is 741 g/mol. The van der Waals surface area contributed by atoms with Crippen LogP contribution in [-0.2, 0) is 23.0 Å². The Morgan fingerprint density at radius 2 is 0.821 bits per heavy atom. The van der Waals surface area contributed by atoms with Crippen molar-refractivity contribution in [3.63, 3.8) is 0 Å². The predicted octanol–water partition coefficient (Wildman–Crippen LogP) is 8.78. The maximum atomic E-state index is 15.1. The number of aliphatic hydroxyl groups is 4. The minimum absolute atomic E-state index is 0.361. The summed E-state index contributed by atoms with van der Waals surface area (Å²) in [5, 5.41) is 40.1. The molecule has 0 fully saturated rings. The molecule has 0 aliphatic rings. The largest absolute Gasteiger partial charge is 0.393 e. The number of halogens is 7. The van der Waals surface area contributed by atoms with Crippen LogP contribution < -0.4 is 0 Å². The summed E-state index contributed by atoms with van der Waals surface area (Å²) in [5.74, 6) is -11.6. The van der Waals surface area contributed by atoms with Crippen LogP contribution in [0.1, 0.15) is 39.2 Å². The van der Waals surface area contributed by atoms with Gasteiger partial charge in [-0.25, -0.2) is 13.2 Å². The monoisotopic (exact) mass is 778 g/mol. The van der Waals surface area contributed by atoms with Gasteiger partial charge in [0, 0.05) is 40.7 Å². The Balaban J connectivity index is 0.000000214. The second-order valence-electron chi connectivity index (χ2n) is 13.4. The third kappa shape index (κ3) is 8.07. The molecule has 0 amide bonds. The fraction of sp³-hybridized carbons (Fsp3) is 0.209. The lowest BCUT2D eigenvalue weighted by molar-refractivity contribution is -0.216. The molecule has 4 aromatic carbocycles. The maximum absolute atomic E-state index is 15.1. The minimum atomic E-state index is -4.15. The van der Waals surface area contributed by atoms with E-state index in [9.17, 15) is 33.6 Å². The Hall–Kier alpha value is -5.47. The summed E-state index contributed by atoms with van der Waals surface area (Å²) in [6, 6.07) is 24.9. The molecule has 56 heavy (non-hydrogen) atoms. The molecule has 6 aromatic rings. The third-order valence-corrected chi connectivity index (χ3v) is 9.38. The van der Waals surface area contributed by atoms with Crippen LogP contribution >= 0.6 is 0 Å². The van der Waals surface area contributed by atoms with Gasteiger partial charge >= 0.3 is 11.8 Å². The highest BCUT2D eigenvalue weighted by molar-refractivity contribution is 5.63. The van der Waals surface area contributed by atoms with E-state index >= 15 is 17.6 Å². The Bertz CT molecular complexity index is 2110. The standard InChI is InChI=1S/C22H20F3NO2.C21H17F4NO2/c1-14-3-6-16(7-4-14)17-8-10-20(26-12-17)22(24,25)21(28,13-27)18-9-5-15(2)11-19(18)23;1-13-2-4-14(5-3-13)15-6-9-19(26-11-15)21(24,25)20(28,12-27)17-8-7-16(22)10-18(17)23/h3-12,27-28H,13H2,1-2H3;2-11,27-28H,12H2,1H3/t21-;20-/m10/s1. The Labute approximate surface area is 318 Å². The Morgan fingerprint density at radius 1 is 0.464 bits per heavy atom. The van der Waals surface area contributed by atoms with Crippen LogP contribution in [0.5, 0.6) is 0 Å². The van der Waals surface area contributed by atoms with Crippen molar-refractivity contribution in [2.24, 2.45) is 0 Å². The van der Waals surface area contributed by atoms with E-state index in [1.54, 1.807) is 6.92 Å². The van der Waals surface area contributed by atoms with Gasteiger partial charge in [0.25, 0.3) is 0 Å². The van der Waals surface area contributed by atoms with E-state index in [0.717, 1.165) is 52.6 Å². The Morgan fingerprint density at radius 3 is 1.16 bits per heavy atom. The van der Waals surface area contributed by atoms with Crippen molar-refractivity contribution in [3.05, 3.63) is 178 Å². The lowest BCUT2D eigenvalue weighted by Gasteiger charge is -2.34. The first-order chi connectivity index (χ1) is 26.4. The number of nitrogens with zero attached hydrogens (tertiary/aromatic N) is 2. The normalized spacial score (nSPS) is 14.0. The summed E-state index contributed by atoms with van der Waals surface area (Å²) in [6.07, 6.45) is 2.46. The van der Waals surface area contributed by atoms with Crippen molar-refractivity contribution in [1.29, 1.82) is 0 Å². The number of rotatable bonds is 10. The van der Waals surface area contributed by atoms with Gasteiger partial charge in [-0.3, -0.25) is 9.97 Å². The van der Waals surface area contributed by atoms with Crippen molar-refractivity contribution in [2.75, 3.05) is 13.2 Å². The summed E-state index contributed by atoms with van der Waals surface area (Å²) in [6.45, 7) is 2.57. The van der Waals surface area contributed by atoms with Crippen LogP contribution in [0, 0.1) is 38.2 Å². The Kier molecular flexibility index (Phi) is 12.2. The highest BCUT2D eigenvalue weighted by Gasteiger charge is 2.58. The van der Waals surface area contributed by atoms with Crippen molar-refractivity contribution >= 4 is 0 Å². The molecule has 2 heterocycles. The average molecular weight is 779 g/mol. The van der Waals surface area contributed by atoms with Gasteiger partial charge < -0.3 is 20.4 Å². The van der Waals surface area contributed by atoms with E-state index in [4.69, 9.17) is 0 Å². The number of alkyl halides is 4. The molecule has 0 unspecified atom stereocenters. The first-order valence-corrected chi connectivity index (χ1v) is 17.1. The number of aliphatic hydroxyl groups excluding tert-OH is 2. The van der Waals surface area contributed by atoms with Crippen molar-refractivity contribution in [2.45, 2.75) is 43.8 Å². The molecule has 0 bridgehead atoms. The number of benzene rings is 4. The van der Waals surface area contributed by atoms with E-state index < -0.39 is 76.2 Å². The van der Waals surface area contributed by atoms with Crippen molar-refractivity contribution < 1.29 is 51.2 Å². The van der Waals surface area contributed by atoms with Gasteiger partial charge in [0.1, 0.15) is 28.8 Å². The van der Waals surface area contributed by atoms with Gasteiger partial charge in [-0.1, -0.05) is 83.9 Å². The van der Waals surface area contributed by atoms with E-state index in [1.807, 2.05) is 62.4 Å². The average Bonchev–Trinajstić information content (AvgIpc) is 3.18. The van der Waals surface area contributed by atoms with Gasteiger partial charge in [0.05, 0.1) is 13.2 Å². The molecule has 2 aromatic heterocycles. The highest BCUT2D eigenvalue weighted by Crippen LogP contribution is 2.47. The van der Waals surface area contributed by atoms with E-state index in [-0.39, 0.29) is 0 Å². The van der Waals surface area contributed by atoms with Gasteiger partial charge in [-0.2, -0.15) is 17.6 Å². The van der Waals surface area contributed by atoms with Gasteiger partial charge in [0.2, 0.25) is 0 Å². The predicted molar refractivity (Wildman–Crippen MR) is 196 cm³/mol. The third-order valence-electron chi connectivity index (χ3n) is 9.38. The number of aryl methyl sites for hydroxylation is 3. The summed E-state index contributed by atoms with van der Waals surface area (Å²) in [4.78, 5) is 7.51. The molecule has 0 spiro atoms. The van der Waals surface area contributed by atoms with Gasteiger partial charge in [-0.15, -0.1) is 0 Å². The topological polar surface area (TPSA) is 107 Å². The van der Waals surface area contributed by atoms with E-state index in [2.05, 4.69) is 9.97 Å². The molecule has 0 saturated carbocycles. The van der Waals surface area contributed by atoms with Crippen LogP contribution in [0.4, 0.5) is 30.7 Å². The summed E-state index contributed by atoms with van der Waals surface area (Å²) >= 11 is 0. The first kappa shape index (κ1) is 41.7. The van der Waals surface area contributed by atoms with Crippen LogP contribution in [0.15, 0.2) is 122 Å². The molecular formula is C43H37F7N2O4. The molecule has 2 atom stereocenters. The first-order valence-electron chi connectivity index (χ1n) is 17.1. The van der Waals surface area contributed by atoms with Crippen LogP contribution in [0.25, 0.3) is 22.3 Å². The molecule has 0 aliphatic carbocycles. The fourth-order valence-corrected chi connectivity index (χ4v) is 5.90. The molecule has 4 N–H and O–H groups in total. The van der Waals surface area contributed by atoms with E-state index in [0.29, 0.717) is 28.8 Å².